The van der Waals surface area contributed by atoms with Crippen molar-refractivity contribution in [3.8, 4) is 11.5 Å². The van der Waals surface area contributed by atoms with Crippen LogP contribution in [0.25, 0.3) is 0 Å². The van der Waals surface area contributed by atoms with Crippen molar-refractivity contribution in [2.24, 2.45) is 0 Å². The summed E-state index contributed by atoms with van der Waals surface area (Å²) in [6.45, 7) is 1.01. The largest absolute Gasteiger partial charge is 0.493 e. The molecule has 2 aliphatic rings. The zero-order chi connectivity index (χ0) is 18.4. The second kappa shape index (κ2) is 6.44. The van der Waals surface area contributed by atoms with Crippen molar-refractivity contribution < 1.29 is 14.6 Å². The summed E-state index contributed by atoms with van der Waals surface area (Å²) >= 11 is 0. The molecule has 0 amide bonds. The molecule has 0 spiro atoms. The zero-order valence-electron chi connectivity index (χ0n) is 16.2. The van der Waals surface area contributed by atoms with E-state index in [1.54, 1.807) is 14.2 Å². The van der Waals surface area contributed by atoms with Crippen molar-refractivity contribution in [2.75, 3.05) is 46.6 Å². The number of methoxy groups -OCH3 is 2. The molecular formula is C20H31NO3S. The Bertz CT molecular complexity index is 682. The van der Waals surface area contributed by atoms with Gasteiger partial charge in [-0.25, -0.2) is 10.0 Å². The summed E-state index contributed by atoms with van der Waals surface area (Å²) < 4.78 is 11.0. The van der Waals surface area contributed by atoms with Crippen molar-refractivity contribution in [2.45, 2.75) is 29.6 Å². The summed E-state index contributed by atoms with van der Waals surface area (Å²) in [5.41, 5.74) is 2.49. The highest BCUT2D eigenvalue weighted by molar-refractivity contribution is 8.32. The summed E-state index contributed by atoms with van der Waals surface area (Å²) in [4.78, 5) is 2.32. The molecule has 140 valence electrons. The van der Waals surface area contributed by atoms with Crippen molar-refractivity contribution in [1.82, 2.24) is 4.90 Å². The quantitative estimate of drug-likeness (QED) is 0.891. The van der Waals surface area contributed by atoms with Crippen LogP contribution in [0.5, 0.6) is 11.5 Å². The SMILES string of the molecule is COc1ccc([C@]23CCN(C)C2=C[C@@H](O)C[C@@H]3S(C)(C)C)cc1OC. The van der Waals surface area contributed by atoms with Crippen LogP contribution in [-0.4, -0.2) is 67.9 Å². The molecular weight excluding hydrogens is 334 g/mol. The van der Waals surface area contributed by atoms with Gasteiger partial charge in [0.05, 0.1) is 20.3 Å². The third-order valence-corrected chi connectivity index (χ3v) is 8.12. The van der Waals surface area contributed by atoms with Gasteiger partial charge in [-0.1, -0.05) is 6.07 Å². The number of rotatable bonds is 4. The highest BCUT2D eigenvalue weighted by atomic mass is 32.3. The van der Waals surface area contributed by atoms with Gasteiger partial charge in [-0.05, 0) is 55.4 Å². The van der Waals surface area contributed by atoms with Crippen LogP contribution in [0.15, 0.2) is 30.0 Å². The summed E-state index contributed by atoms with van der Waals surface area (Å²) in [7, 11) is 4.62. The summed E-state index contributed by atoms with van der Waals surface area (Å²) in [6, 6.07) is 6.34. The Hall–Kier alpha value is -1.33. The topological polar surface area (TPSA) is 41.9 Å². The third kappa shape index (κ3) is 2.91. The maximum Gasteiger partial charge on any atom is 0.161 e. The van der Waals surface area contributed by atoms with Gasteiger partial charge in [0.15, 0.2) is 11.5 Å². The van der Waals surface area contributed by atoms with E-state index >= 15 is 0 Å². The number of aliphatic hydroxyl groups is 1. The molecule has 25 heavy (non-hydrogen) atoms. The molecule has 1 aromatic rings. The first kappa shape index (κ1) is 18.5. The lowest BCUT2D eigenvalue weighted by molar-refractivity contribution is 0.184. The van der Waals surface area contributed by atoms with E-state index in [4.69, 9.17) is 9.47 Å². The number of hydrogen-bond donors (Lipinski definition) is 1. The zero-order valence-corrected chi connectivity index (χ0v) is 17.0. The van der Waals surface area contributed by atoms with Gasteiger partial charge in [-0.2, -0.15) is 0 Å². The molecule has 3 rings (SSSR count). The molecule has 3 atom stereocenters. The lowest BCUT2D eigenvalue weighted by Crippen LogP contribution is -2.47. The summed E-state index contributed by atoms with van der Waals surface area (Å²) in [6.07, 6.45) is 10.7. The minimum absolute atomic E-state index is 0.0544. The smallest absolute Gasteiger partial charge is 0.161 e. The van der Waals surface area contributed by atoms with Crippen LogP contribution in [0.3, 0.4) is 0 Å². The van der Waals surface area contributed by atoms with Crippen molar-refractivity contribution in [1.29, 1.82) is 0 Å². The number of ether oxygens (including phenoxy) is 2. The number of benzene rings is 1. The van der Waals surface area contributed by atoms with Gasteiger partial charge in [-0.15, -0.1) is 0 Å². The van der Waals surface area contributed by atoms with E-state index in [1.165, 1.54) is 11.3 Å². The second-order valence-corrected chi connectivity index (χ2v) is 12.4. The van der Waals surface area contributed by atoms with E-state index in [-0.39, 0.29) is 11.5 Å². The van der Waals surface area contributed by atoms with Crippen LogP contribution in [-0.2, 0) is 5.41 Å². The van der Waals surface area contributed by atoms with Crippen LogP contribution in [0.4, 0.5) is 0 Å². The Morgan fingerprint density at radius 2 is 1.84 bits per heavy atom. The number of fused-ring (bicyclic) bond motifs is 1. The standard InChI is InChI=1S/C20H31NO3S/c1-21-10-9-20(14-7-8-16(23-2)17(11-14)24-3)18(21)12-15(22)13-19(20)25(4,5)6/h7-8,11-12,15,19,22H,9-10,13H2,1-6H3/t15-,19+,20-/m1/s1. The molecule has 1 aromatic carbocycles. The highest BCUT2D eigenvalue weighted by Gasteiger charge is 2.54. The molecule has 1 aliphatic heterocycles. The monoisotopic (exact) mass is 365 g/mol. The van der Waals surface area contributed by atoms with Crippen molar-refractivity contribution in [3.63, 3.8) is 0 Å². The highest BCUT2D eigenvalue weighted by Crippen LogP contribution is 2.61. The van der Waals surface area contributed by atoms with Crippen LogP contribution in [0.2, 0.25) is 0 Å². The van der Waals surface area contributed by atoms with E-state index in [1.807, 2.05) is 6.07 Å². The molecule has 0 aromatic heterocycles. The lowest BCUT2D eigenvalue weighted by Gasteiger charge is -2.52. The average Bonchev–Trinajstić information content (AvgIpc) is 2.90. The van der Waals surface area contributed by atoms with Crippen LogP contribution in [0.1, 0.15) is 18.4 Å². The maximum atomic E-state index is 10.5. The molecule has 0 radical (unpaired) electrons. The number of hydrogen-bond acceptors (Lipinski definition) is 4. The number of aliphatic hydroxyl groups excluding tert-OH is 1. The second-order valence-electron chi connectivity index (χ2n) is 7.99. The van der Waals surface area contributed by atoms with E-state index in [9.17, 15) is 5.11 Å². The Kier molecular flexibility index (Phi) is 4.75. The molecule has 1 saturated heterocycles. The number of likely N-dealkylation sites (tertiary alicyclic amines) is 1. The molecule has 1 aliphatic carbocycles. The van der Waals surface area contributed by atoms with Crippen molar-refractivity contribution >= 4 is 10.0 Å². The average molecular weight is 366 g/mol. The normalized spacial score (nSPS) is 29.9. The van der Waals surface area contributed by atoms with E-state index < -0.39 is 10.0 Å². The predicted molar refractivity (Wildman–Crippen MR) is 106 cm³/mol. The molecule has 0 unspecified atom stereocenters. The minimum atomic E-state index is -0.878. The Morgan fingerprint density at radius 1 is 1.16 bits per heavy atom. The summed E-state index contributed by atoms with van der Waals surface area (Å²) in [5.74, 6) is 1.53. The van der Waals surface area contributed by atoms with Gasteiger partial charge >= 0.3 is 0 Å². The predicted octanol–water partition coefficient (Wildman–Crippen LogP) is 2.99. The van der Waals surface area contributed by atoms with E-state index in [2.05, 4.69) is 48.9 Å². The Labute approximate surface area is 153 Å². The third-order valence-electron chi connectivity index (χ3n) is 5.82. The minimum Gasteiger partial charge on any atom is -0.493 e. The van der Waals surface area contributed by atoms with Crippen LogP contribution >= 0.6 is 10.0 Å². The molecule has 5 heteroatoms. The van der Waals surface area contributed by atoms with E-state index in [0.29, 0.717) is 5.25 Å². The molecule has 1 N–H and O–H groups in total. The van der Waals surface area contributed by atoms with Gasteiger partial charge in [-0.3, -0.25) is 0 Å². The van der Waals surface area contributed by atoms with E-state index in [0.717, 1.165) is 30.9 Å². The first-order valence-electron chi connectivity index (χ1n) is 8.75. The number of nitrogens with zero attached hydrogens (tertiary/aromatic N) is 1. The van der Waals surface area contributed by atoms with Gasteiger partial charge < -0.3 is 19.5 Å². The van der Waals surface area contributed by atoms with Gasteiger partial charge in [0.25, 0.3) is 0 Å². The first-order valence-corrected chi connectivity index (χ1v) is 11.7. The molecule has 1 heterocycles. The fraction of sp³-hybridized carbons (Fsp3) is 0.600. The first-order chi connectivity index (χ1) is 11.7. The molecule has 1 fully saturated rings. The number of likely N-dealkylation sites (N-methyl/N-ethyl adjacent to an activating group) is 1. The van der Waals surface area contributed by atoms with Gasteiger partial charge in [0.1, 0.15) is 0 Å². The van der Waals surface area contributed by atoms with Crippen molar-refractivity contribution in [3.05, 3.63) is 35.5 Å². The lowest BCUT2D eigenvalue weighted by atomic mass is 9.69. The maximum absolute atomic E-state index is 10.5. The fourth-order valence-electron chi connectivity index (χ4n) is 4.69. The number of allylic oxidation sites excluding steroid dienone is 1. The van der Waals surface area contributed by atoms with Gasteiger partial charge in [0, 0.05) is 30.0 Å². The molecule has 4 nitrogen and oxygen atoms in total. The fourth-order valence-corrected chi connectivity index (χ4v) is 7.05. The molecule has 0 saturated carbocycles. The Morgan fingerprint density at radius 3 is 2.44 bits per heavy atom. The van der Waals surface area contributed by atoms with Crippen LogP contribution in [0, 0.1) is 0 Å². The van der Waals surface area contributed by atoms with Crippen LogP contribution < -0.4 is 9.47 Å². The molecule has 0 bridgehead atoms. The van der Waals surface area contributed by atoms with Gasteiger partial charge in [0.2, 0.25) is 0 Å². The summed E-state index contributed by atoms with van der Waals surface area (Å²) in [5, 5.41) is 10.9. The Balaban J connectivity index is 2.22.